The van der Waals surface area contributed by atoms with Crippen molar-refractivity contribution in [2.24, 2.45) is 0 Å². The summed E-state index contributed by atoms with van der Waals surface area (Å²) in [7, 11) is 3.04. The van der Waals surface area contributed by atoms with E-state index in [4.69, 9.17) is 28.3 Å². The van der Waals surface area contributed by atoms with Gasteiger partial charge in [0.25, 0.3) is 0 Å². The molecule has 0 N–H and O–H groups in total. The standard InChI is InChI=1S/C16H25BO4.C10H13BrO2/c1-15(2)16(3,4)21-17(20-15)13-8-6-9-14(12-13)19-11-7-10-18-5;1-12-6-3-7-13-10-5-2-4-9(11)8-10/h6,8-9,12H,7,10-11H2,1-5H3;2,4-5,8H,3,6-7H2,1H3. The van der Waals surface area contributed by atoms with Gasteiger partial charge >= 0.3 is 7.12 Å². The average molecular weight is 537 g/mol. The van der Waals surface area contributed by atoms with E-state index < -0.39 is 0 Å². The predicted octanol–water partition coefficient (Wildman–Crippen LogP) is 5.27. The van der Waals surface area contributed by atoms with E-state index in [9.17, 15) is 0 Å². The molecule has 6 nitrogen and oxygen atoms in total. The van der Waals surface area contributed by atoms with Crippen LogP contribution in [0.3, 0.4) is 0 Å². The minimum atomic E-state index is -0.350. The van der Waals surface area contributed by atoms with Crippen LogP contribution in [0.1, 0.15) is 40.5 Å². The molecule has 0 atom stereocenters. The van der Waals surface area contributed by atoms with Crippen LogP contribution in [0.5, 0.6) is 11.5 Å². The molecule has 0 aliphatic carbocycles. The zero-order chi connectivity index (χ0) is 25.0. The predicted molar refractivity (Wildman–Crippen MR) is 140 cm³/mol. The van der Waals surface area contributed by atoms with E-state index in [0.717, 1.165) is 40.9 Å². The maximum atomic E-state index is 6.05. The number of rotatable bonds is 11. The van der Waals surface area contributed by atoms with Crippen molar-refractivity contribution in [3.8, 4) is 11.5 Å². The number of hydrogen-bond acceptors (Lipinski definition) is 6. The summed E-state index contributed by atoms with van der Waals surface area (Å²) < 4.78 is 34.3. The second-order valence-corrected chi connectivity index (χ2v) is 9.92. The molecule has 0 unspecified atom stereocenters. The smallest absolute Gasteiger partial charge is 0.494 e. The van der Waals surface area contributed by atoms with Gasteiger partial charge in [-0.25, -0.2) is 0 Å². The summed E-state index contributed by atoms with van der Waals surface area (Å²) >= 11 is 3.38. The van der Waals surface area contributed by atoms with Crippen LogP contribution in [0, 0.1) is 0 Å². The third-order valence-electron chi connectivity index (χ3n) is 5.70. The van der Waals surface area contributed by atoms with Gasteiger partial charge in [0, 0.05) is 44.7 Å². The van der Waals surface area contributed by atoms with E-state index in [2.05, 4.69) is 43.6 Å². The monoisotopic (exact) mass is 536 g/mol. The lowest BCUT2D eigenvalue weighted by atomic mass is 9.79. The summed E-state index contributed by atoms with van der Waals surface area (Å²) in [6.45, 7) is 11.0. The molecule has 1 fully saturated rings. The minimum Gasteiger partial charge on any atom is -0.494 e. The van der Waals surface area contributed by atoms with Crippen LogP contribution >= 0.6 is 15.9 Å². The summed E-state index contributed by atoms with van der Waals surface area (Å²) in [5.41, 5.74) is 0.331. The van der Waals surface area contributed by atoms with Gasteiger partial charge in [-0.15, -0.1) is 0 Å². The molecule has 2 aromatic carbocycles. The molecule has 0 saturated carbocycles. The number of hydrogen-bond donors (Lipinski definition) is 0. The van der Waals surface area contributed by atoms with Crippen LogP contribution in [-0.2, 0) is 18.8 Å². The highest BCUT2D eigenvalue weighted by molar-refractivity contribution is 9.10. The van der Waals surface area contributed by atoms with E-state index in [1.165, 1.54) is 0 Å². The van der Waals surface area contributed by atoms with Crippen molar-refractivity contribution in [1.29, 1.82) is 0 Å². The second kappa shape index (κ2) is 14.1. The maximum Gasteiger partial charge on any atom is 0.494 e. The number of halogens is 1. The van der Waals surface area contributed by atoms with Gasteiger partial charge in [-0.3, -0.25) is 0 Å². The van der Waals surface area contributed by atoms with Gasteiger partial charge in [0.1, 0.15) is 11.5 Å². The van der Waals surface area contributed by atoms with E-state index in [-0.39, 0.29) is 18.3 Å². The van der Waals surface area contributed by atoms with Crippen molar-refractivity contribution in [2.45, 2.75) is 51.7 Å². The van der Waals surface area contributed by atoms with Crippen LogP contribution < -0.4 is 14.9 Å². The molecule has 1 heterocycles. The summed E-state index contributed by atoms with van der Waals surface area (Å²) in [6, 6.07) is 15.7. The Kier molecular flexibility index (Phi) is 11.9. The van der Waals surface area contributed by atoms with Crippen molar-refractivity contribution in [2.75, 3.05) is 40.6 Å². The van der Waals surface area contributed by atoms with Crippen molar-refractivity contribution in [3.05, 3.63) is 53.0 Å². The third kappa shape index (κ3) is 9.23. The van der Waals surface area contributed by atoms with Gasteiger partial charge in [0.05, 0.1) is 24.4 Å². The van der Waals surface area contributed by atoms with Gasteiger partial charge in [-0.05, 0) is 63.5 Å². The Balaban J connectivity index is 0.000000270. The molecule has 1 saturated heterocycles. The quantitative estimate of drug-likeness (QED) is 0.288. The molecule has 3 rings (SSSR count). The molecule has 188 valence electrons. The van der Waals surface area contributed by atoms with Gasteiger partial charge in [0.15, 0.2) is 0 Å². The summed E-state index contributed by atoms with van der Waals surface area (Å²) in [6.07, 6.45) is 1.79. The Labute approximate surface area is 213 Å². The topological polar surface area (TPSA) is 55.4 Å². The Morgan fingerprint density at radius 2 is 1.24 bits per heavy atom. The lowest BCUT2D eigenvalue weighted by molar-refractivity contribution is 0.00578. The third-order valence-corrected chi connectivity index (χ3v) is 6.20. The lowest BCUT2D eigenvalue weighted by Crippen LogP contribution is -2.41. The molecule has 0 aromatic heterocycles. The fraction of sp³-hybridized carbons (Fsp3) is 0.538. The van der Waals surface area contributed by atoms with Crippen LogP contribution in [0.15, 0.2) is 53.0 Å². The van der Waals surface area contributed by atoms with Gasteiger partial charge in [0.2, 0.25) is 0 Å². The van der Waals surface area contributed by atoms with Gasteiger partial charge in [-0.1, -0.05) is 34.1 Å². The summed E-state index contributed by atoms with van der Waals surface area (Å²) in [4.78, 5) is 0. The Hall–Kier alpha value is -1.58. The zero-order valence-electron chi connectivity index (χ0n) is 21.3. The molecule has 2 aromatic rings. The zero-order valence-corrected chi connectivity index (χ0v) is 22.9. The minimum absolute atomic E-state index is 0.326. The molecule has 1 aliphatic rings. The Morgan fingerprint density at radius 3 is 1.74 bits per heavy atom. The lowest BCUT2D eigenvalue weighted by Gasteiger charge is -2.32. The summed E-state index contributed by atoms with van der Waals surface area (Å²) in [5.74, 6) is 1.73. The SMILES string of the molecule is COCCCOc1cccc(B2OC(C)(C)C(C)(C)O2)c1.COCCCOc1cccc(Br)c1. The van der Waals surface area contributed by atoms with Crippen molar-refractivity contribution < 1.29 is 28.3 Å². The molecule has 0 bridgehead atoms. The fourth-order valence-corrected chi connectivity index (χ4v) is 3.45. The highest BCUT2D eigenvalue weighted by Crippen LogP contribution is 2.36. The van der Waals surface area contributed by atoms with E-state index in [1.54, 1.807) is 14.2 Å². The summed E-state index contributed by atoms with van der Waals surface area (Å²) in [5, 5.41) is 0. The molecular formula is C26H38BBrO6. The van der Waals surface area contributed by atoms with Crippen LogP contribution in [-0.4, -0.2) is 59.0 Å². The van der Waals surface area contributed by atoms with Crippen LogP contribution in [0.2, 0.25) is 0 Å². The number of benzene rings is 2. The Bertz CT molecular complexity index is 845. The van der Waals surface area contributed by atoms with Crippen LogP contribution in [0.4, 0.5) is 0 Å². The highest BCUT2D eigenvalue weighted by Gasteiger charge is 2.51. The molecule has 34 heavy (non-hydrogen) atoms. The van der Waals surface area contributed by atoms with Crippen molar-refractivity contribution >= 4 is 28.5 Å². The van der Waals surface area contributed by atoms with E-state index >= 15 is 0 Å². The molecule has 0 radical (unpaired) electrons. The first-order chi connectivity index (χ1) is 16.2. The van der Waals surface area contributed by atoms with E-state index in [0.29, 0.717) is 19.8 Å². The molecule has 1 aliphatic heterocycles. The maximum absolute atomic E-state index is 6.05. The molecule has 0 amide bonds. The highest BCUT2D eigenvalue weighted by atomic mass is 79.9. The van der Waals surface area contributed by atoms with Crippen molar-refractivity contribution in [3.63, 3.8) is 0 Å². The molecular weight excluding hydrogens is 499 g/mol. The van der Waals surface area contributed by atoms with E-state index in [1.807, 2.05) is 48.5 Å². The largest absolute Gasteiger partial charge is 0.494 e. The molecule has 0 spiro atoms. The molecule has 8 heteroatoms. The fourth-order valence-electron chi connectivity index (χ4n) is 3.07. The van der Waals surface area contributed by atoms with Crippen molar-refractivity contribution in [1.82, 2.24) is 0 Å². The normalized spacial score (nSPS) is 16.0. The van der Waals surface area contributed by atoms with Gasteiger partial charge in [-0.2, -0.15) is 0 Å². The number of methoxy groups -OCH3 is 2. The number of ether oxygens (including phenoxy) is 4. The Morgan fingerprint density at radius 1 is 0.735 bits per heavy atom. The first-order valence-corrected chi connectivity index (χ1v) is 12.4. The first-order valence-electron chi connectivity index (χ1n) is 11.6. The van der Waals surface area contributed by atoms with Gasteiger partial charge < -0.3 is 28.3 Å². The van der Waals surface area contributed by atoms with Crippen LogP contribution in [0.25, 0.3) is 0 Å². The first kappa shape index (κ1) is 28.7. The average Bonchev–Trinajstić information content (AvgIpc) is 3.02. The second-order valence-electron chi connectivity index (χ2n) is 9.01.